The van der Waals surface area contributed by atoms with Crippen LogP contribution < -0.4 is 16.2 Å². The van der Waals surface area contributed by atoms with Crippen LogP contribution in [0.15, 0.2) is 18.2 Å². The number of sulfonamides is 1. The van der Waals surface area contributed by atoms with E-state index in [1.807, 2.05) is 25.1 Å². The van der Waals surface area contributed by atoms with E-state index in [9.17, 15) is 13.2 Å². The van der Waals surface area contributed by atoms with Crippen LogP contribution in [0.1, 0.15) is 21.7 Å². The molecule has 0 unspecified atom stereocenters. The normalized spacial score (nSPS) is 11.7. The highest BCUT2D eigenvalue weighted by Gasteiger charge is 2.16. The predicted molar refractivity (Wildman–Crippen MR) is 85.9 cm³/mol. The Morgan fingerprint density at radius 1 is 1.38 bits per heavy atom. The minimum atomic E-state index is -3.49. The van der Waals surface area contributed by atoms with Gasteiger partial charge in [-0.3, -0.25) is 4.79 Å². The molecule has 8 heteroatoms. The molecule has 5 N–H and O–H groups in total. The van der Waals surface area contributed by atoms with Gasteiger partial charge in [-0.05, 0) is 25.0 Å². The minimum Gasteiger partial charge on any atom is -0.397 e. The van der Waals surface area contributed by atoms with Crippen LogP contribution in [-0.4, -0.2) is 26.6 Å². The van der Waals surface area contributed by atoms with Crippen LogP contribution in [0.2, 0.25) is 0 Å². The van der Waals surface area contributed by atoms with Crippen LogP contribution in [0.5, 0.6) is 0 Å². The van der Waals surface area contributed by atoms with Gasteiger partial charge in [0.05, 0.1) is 11.4 Å². The van der Waals surface area contributed by atoms with Crippen molar-refractivity contribution in [3.63, 3.8) is 0 Å². The lowest BCUT2D eigenvalue weighted by atomic mass is 10.1. The lowest BCUT2D eigenvalue weighted by molar-refractivity contribution is 0.0958. The van der Waals surface area contributed by atoms with E-state index in [1.54, 1.807) is 0 Å². The molecule has 0 fully saturated rings. The Bertz CT molecular complexity index is 781. The number of nitrogens with one attached hydrogen (secondary N) is 1. The van der Waals surface area contributed by atoms with Crippen molar-refractivity contribution in [3.8, 4) is 0 Å². The summed E-state index contributed by atoms with van der Waals surface area (Å²) in [4.78, 5) is 12.5. The Morgan fingerprint density at radius 2 is 2.10 bits per heavy atom. The van der Waals surface area contributed by atoms with E-state index in [4.69, 9.17) is 10.9 Å². The maximum atomic E-state index is 12.1. The van der Waals surface area contributed by atoms with Crippen LogP contribution in [-0.2, 0) is 10.0 Å². The van der Waals surface area contributed by atoms with Crippen LogP contribution in [0.3, 0.4) is 0 Å². The Balaban J connectivity index is 2.07. The van der Waals surface area contributed by atoms with Gasteiger partial charge >= 0.3 is 0 Å². The number of hydrogen-bond acceptors (Lipinski definition) is 5. The van der Waals surface area contributed by atoms with Crippen LogP contribution in [0, 0.1) is 6.92 Å². The molecule has 1 heterocycles. The van der Waals surface area contributed by atoms with Gasteiger partial charge in [0.2, 0.25) is 10.0 Å². The molecular formula is C13H17N3O3S2. The van der Waals surface area contributed by atoms with Crippen molar-refractivity contribution in [1.82, 2.24) is 5.32 Å². The zero-order chi connectivity index (χ0) is 15.6. The number of primary sulfonamides is 1. The number of fused-ring (bicyclic) bond motifs is 1. The van der Waals surface area contributed by atoms with Gasteiger partial charge in [0.1, 0.15) is 4.88 Å². The van der Waals surface area contributed by atoms with Gasteiger partial charge in [0, 0.05) is 16.6 Å². The first kappa shape index (κ1) is 15.7. The molecule has 0 aliphatic rings. The molecule has 2 rings (SSSR count). The molecule has 1 aromatic carbocycles. The Labute approximate surface area is 127 Å². The molecule has 0 spiro atoms. The maximum absolute atomic E-state index is 12.1. The Kier molecular flexibility index (Phi) is 4.50. The molecule has 0 atom stereocenters. The number of amides is 1. The number of rotatable bonds is 5. The number of aryl methyl sites for hydroxylation is 1. The van der Waals surface area contributed by atoms with Crippen molar-refractivity contribution in [2.24, 2.45) is 5.14 Å². The topological polar surface area (TPSA) is 115 Å². The number of carbonyl (C=O) groups excluding carboxylic acids is 1. The molecule has 21 heavy (non-hydrogen) atoms. The van der Waals surface area contributed by atoms with Gasteiger partial charge in [-0.15, -0.1) is 11.3 Å². The summed E-state index contributed by atoms with van der Waals surface area (Å²) < 4.78 is 22.6. The lowest BCUT2D eigenvalue weighted by Crippen LogP contribution is -2.27. The number of anilines is 1. The zero-order valence-corrected chi connectivity index (χ0v) is 13.2. The quantitative estimate of drug-likeness (QED) is 0.716. The second-order valence-electron chi connectivity index (χ2n) is 4.82. The molecule has 0 saturated carbocycles. The second-order valence-corrected chi connectivity index (χ2v) is 7.61. The standard InChI is InChI=1S/C13H17N3O3S2/c1-8-3-4-9-10(7-8)20-12(11(9)14)13(17)16-5-2-6-21(15,18)19/h3-4,7H,2,5-6,14H2,1H3,(H,16,17)(H2,15,18,19). The fourth-order valence-corrected chi connectivity index (χ4v) is 3.63. The van der Waals surface area contributed by atoms with E-state index < -0.39 is 10.0 Å². The van der Waals surface area contributed by atoms with Crippen LogP contribution in [0.4, 0.5) is 5.69 Å². The molecule has 114 valence electrons. The van der Waals surface area contributed by atoms with Crippen molar-refractivity contribution in [3.05, 3.63) is 28.6 Å². The third kappa shape index (κ3) is 3.93. The van der Waals surface area contributed by atoms with Gasteiger partial charge < -0.3 is 11.1 Å². The smallest absolute Gasteiger partial charge is 0.263 e. The molecule has 0 aliphatic carbocycles. The second kappa shape index (κ2) is 6.00. The molecule has 0 aliphatic heterocycles. The first-order valence-corrected chi connectivity index (χ1v) is 8.88. The summed E-state index contributed by atoms with van der Waals surface area (Å²) in [6.07, 6.45) is 0.272. The van der Waals surface area contributed by atoms with E-state index in [-0.39, 0.29) is 24.6 Å². The molecular weight excluding hydrogens is 310 g/mol. The van der Waals surface area contributed by atoms with Crippen LogP contribution in [0.25, 0.3) is 10.1 Å². The van der Waals surface area contributed by atoms with Crippen molar-refractivity contribution in [2.75, 3.05) is 18.0 Å². The molecule has 0 radical (unpaired) electrons. The summed E-state index contributed by atoms with van der Waals surface area (Å²) in [6.45, 7) is 2.21. The summed E-state index contributed by atoms with van der Waals surface area (Å²) in [7, 11) is -3.49. The Morgan fingerprint density at radius 3 is 2.76 bits per heavy atom. The maximum Gasteiger partial charge on any atom is 0.263 e. The number of carbonyl (C=O) groups is 1. The van der Waals surface area contributed by atoms with Gasteiger partial charge in [0.15, 0.2) is 0 Å². The fourth-order valence-electron chi connectivity index (χ4n) is 1.95. The average molecular weight is 327 g/mol. The number of hydrogen-bond donors (Lipinski definition) is 3. The summed E-state index contributed by atoms with van der Waals surface area (Å²) in [5.74, 6) is -0.449. The number of nitrogen functional groups attached to an aromatic ring is 1. The fraction of sp³-hybridized carbons (Fsp3) is 0.308. The van der Waals surface area contributed by atoms with E-state index in [2.05, 4.69) is 5.32 Å². The molecule has 6 nitrogen and oxygen atoms in total. The predicted octanol–water partition coefficient (Wildman–Crippen LogP) is 1.20. The van der Waals surface area contributed by atoms with Crippen molar-refractivity contribution >= 4 is 43.0 Å². The summed E-state index contributed by atoms with van der Waals surface area (Å²) >= 11 is 1.33. The van der Waals surface area contributed by atoms with E-state index in [0.717, 1.165) is 15.6 Å². The number of nitrogens with two attached hydrogens (primary N) is 2. The van der Waals surface area contributed by atoms with Crippen molar-refractivity contribution < 1.29 is 13.2 Å². The van der Waals surface area contributed by atoms with Gasteiger partial charge in [-0.25, -0.2) is 13.6 Å². The summed E-state index contributed by atoms with van der Waals surface area (Å²) in [5, 5.41) is 8.42. The molecule has 0 saturated heterocycles. The lowest BCUT2D eigenvalue weighted by Gasteiger charge is -2.03. The monoisotopic (exact) mass is 327 g/mol. The largest absolute Gasteiger partial charge is 0.397 e. The summed E-state index contributed by atoms with van der Waals surface area (Å²) in [5.41, 5.74) is 7.56. The zero-order valence-electron chi connectivity index (χ0n) is 11.5. The minimum absolute atomic E-state index is 0.158. The van der Waals surface area contributed by atoms with Crippen molar-refractivity contribution in [1.29, 1.82) is 0 Å². The number of benzene rings is 1. The SMILES string of the molecule is Cc1ccc2c(N)c(C(=O)NCCCS(N)(=O)=O)sc2c1. The molecule has 1 amide bonds. The van der Waals surface area contributed by atoms with E-state index in [1.165, 1.54) is 11.3 Å². The first-order chi connectivity index (χ1) is 9.78. The third-order valence-corrected chi connectivity index (χ3v) is 5.01. The highest BCUT2D eigenvalue weighted by Crippen LogP contribution is 2.34. The number of thiophene rings is 1. The van der Waals surface area contributed by atoms with Crippen LogP contribution >= 0.6 is 11.3 Å². The third-order valence-electron chi connectivity index (χ3n) is 2.98. The average Bonchev–Trinajstić information content (AvgIpc) is 2.70. The molecule has 1 aromatic heterocycles. The van der Waals surface area contributed by atoms with Gasteiger partial charge in [-0.1, -0.05) is 12.1 Å². The summed E-state index contributed by atoms with van der Waals surface area (Å²) in [6, 6.07) is 5.82. The molecule has 0 bridgehead atoms. The Hall–Kier alpha value is -1.64. The van der Waals surface area contributed by atoms with Gasteiger partial charge in [0.25, 0.3) is 5.91 Å². The molecule has 2 aromatic rings. The highest BCUT2D eigenvalue weighted by atomic mass is 32.2. The van der Waals surface area contributed by atoms with E-state index in [0.29, 0.717) is 10.6 Å². The first-order valence-electron chi connectivity index (χ1n) is 6.35. The highest BCUT2D eigenvalue weighted by molar-refractivity contribution is 7.89. The van der Waals surface area contributed by atoms with E-state index >= 15 is 0 Å². The van der Waals surface area contributed by atoms with Crippen molar-refractivity contribution in [2.45, 2.75) is 13.3 Å². The van der Waals surface area contributed by atoms with Gasteiger partial charge in [-0.2, -0.15) is 0 Å².